The second kappa shape index (κ2) is 7.66. The lowest BCUT2D eigenvalue weighted by atomic mass is 9.73. The summed E-state index contributed by atoms with van der Waals surface area (Å²) >= 11 is 0. The summed E-state index contributed by atoms with van der Waals surface area (Å²) in [4.78, 5) is 12.2. The van der Waals surface area contributed by atoms with Gasteiger partial charge in [-0.1, -0.05) is 6.92 Å². The van der Waals surface area contributed by atoms with E-state index in [1.165, 1.54) is 17.7 Å². The number of benzene rings is 2. The zero-order valence-corrected chi connectivity index (χ0v) is 17.6. The van der Waals surface area contributed by atoms with E-state index in [1.54, 1.807) is 25.3 Å². The SMILES string of the molecule is Cc1c(F)c(F)cc2[nH]c(C(C)C3CCC(c4ccnc5ccc(F)cc45)CC3)nc12. The van der Waals surface area contributed by atoms with Gasteiger partial charge in [-0.25, -0.2) is 18.2 Å². The van der Waals surface area contributed by atoms with E-state index in [-0.39, 0.29) is 17.3 Å². The Morgan fingerprint density at radius 1 is 1.03 bits per heavy atom. The summed E-state index contributed by atoms with van der Waals surface area (Å²) < 4.78 is 41.5. The number of imidazole rings is 1. The number of aromatic amines is 1. The first-order valence-electron chi connectivity index (χ1n) is 10.8. The number of aromatic nitrogens is 3. The maximum Gasteiger partial charge on any atom is 0.164 e. The predicted octanol–water partition coefficient (Wildman–Crippen LogP) is 6.91. The Balaban J connectivity index is 1.36. The van der Waals surface area contributed by atoms with Crippen molar-refractivity contribution in [2.24, 2.45) is 5.92 Å². The van der Waals surface area contributed by atoms with Crippen molar-refractivity contribution in [3.8, 4) is 0 Å². The molecule has 1 saturated carbocycles. The topological polar surface area (TPSA) is 41.6 Å². The Morgan fingerprint density at radius 3 is 2.58 bits per heavy atom. The number of H-pyrrole nitrogens is 1. The van der Waals surface area contributed by atoms with Gasteiger partial charge < -0.3 is 4.98 Å². The molecular formula is C25H24F3N3. The molecule has 1 atom stereocenters. The molecule has 0 amide bonds. The first kappa shape index (κ1) is 20.0. The van der Waals surface area contributed by atoms with Crippen molar-refractivity contribution >= 4 is 21.9 Å². The van der Waals surface area contributed by atoms with Crippen molar-refractivity contribution < 1.29 is 13.2 Å². The van der Waals surface area contributed by atoms with Gasteiger partial charge in [0.1, 0.15) is 11.6 Å². The van der Waals surface area contributed by atoms with E-state index in [2.05, 4.69) is 21.9 Å². The van der Waals surface area contributed by atoms with Crippen LogP contribution in [0.5, 0.6) is 0 Å². The molecule has 6 heteroatoms. The summed E-state index contributed by atoms with van der Waals surface area (Å²) in [5, 5.41) is 0.899. The van der Waals surface area contributed by atoms with Crippen LogP contribution in [0.2, 0.25) is 0 Å². The number of fused-ring (bicyclic) bond motifs is 2. The van der Waals surface area contributed by atoms with Crippen molar-refractivity contribution in [1.29, 1.82) is 0 Å². The first-order valence-corrected chi connectivity index (χ1v) is 10.8. The molecule has 31 heavy (non-hydrogen) atoms. The Labute approximate surface area is 178 Å². The minimum absolute atomic E-state index is 0.158. The summed E-state index contributed by atoms with van der Waals surface area (Å²) in [7, 11) is 0. The smallest absolute Gasteiger partial charge is 0.164 e. The van der Waals surface area contributed by atoms with Crippen LogP contribution in [0.15, 0.2) is 36.5 Å². The minimum Gasteiger partial charge on any atom is -0.342 e. The van der Waals surface area contributed by atoms with E-state index in [1.807, 2.05) is 6.07 Å². The number of hydrogen-bond donors (Lipinski definition) is 1. The number of rotatable bonds is 3. The van der Waals surface area contributed by atoms with Crippen LogP contribution in [0.4, 0.5) is 13.2 Å². The molecule has 1 aliphatic rings. The zero-order valence-electron chi connectivity index (χ0n) is 17.6. The third-order valence-electron chi connectivity index (χ3n) is 7.00. The Hall–Kier alpha value is -2.89. The number of halogens is 3. The first-order chi connectivity index (χ1) is 14.9. The molecule has 2 heterocycles. The van der Waals surface area contributed by atoms with Crippen LogP contribution < -0.4 is 0 Å². The standard InChI is InChI=1S/C25H24F3N3/c1-13(25-30-22-12-20(27)23(28)14(2)24(22)31-25)15-3-5-16(6-4-15)18-9-10-29-21-8-7-17(26)11-19(18)21/h7-13,15-16H,3-6H2,1-2H3,(H,30,31). The highest BCUT2D eigenvalue weighted by Crippen LogP contribution is 2.43. The second-order valence-corrected chi connectivity index (χ2v) is 8.78. The van der Waals surface area contributed by atoms with Crippen LogP contribution in [0.3, 0.4) is 0 Å². The number of hydrogen-bond acceptors (Lipinski definition) is 2. The molecule has 1 unspecified atom stereocenters. The van der Waals surface area contributed by atoms with Gasteiger partial charge in [0.05, 0.1) is 16.6 Å². The van der Waals surface area contributed by atoms with Gasteiger partial charge >= 0.3 is 0 Å². The maximum atomic E-state index is 13.9. The van der Waals surface area contributed by atoms with Gasteiger partial charge in [-0.15, -0.1) is 0 Å². The highest BCUT2D eigenvalue weighted by molar-refractivity contribution is 5.82. The fourth-order valence-corrected chi connectivity index (χ4v) is 5.13. The molecule has 5 rings (SSSR count). The lowest BCUT2D eigenvalue weighted by Crippen LogP contribution is -2.19. The lowest BCUT2D eigenvalue weighted by Gasteiger charge is -2.32. The molecule has 0 saturated heterocycles. The van der Waals surface area contributed by atoms with Crippen LogP contribution in [0, 0.1) is 30.3 Å². The minimum atomic E-state index is -0.852. The third-order valence-corrected chi connectivity index (χ3v) is 7.00. The molecule has 0 aliphatic heterocycles. The van der Waals surface area contributed by atoms with E-state index >= 15 is 0 Å². The van der Waals surface area contributed by atoms with Gasteiger partial charge in [0.2, 0.25) is 0 Å². The average molecular weight is 423 g/mol. The third kappa shape index (κ3) is 3.48. The Morgan fingerprint density at radius 2 is 1.81 bits per heavy atom. The van der Waals surface area contributed by atoms with Gasteiger partial charge in [0.25, 0.3) is 0 Å². The number of pyridine rings is 1. The molecule has 160 valence electrons. The zero-order chi connectivity index (χ0) is 21.7. The molecule has 0 radical (unpaired) electrons. The molecular weight excluding hydrogens is 399 g/mol. The quantitative estimate of drug-likeness (QED) is 0.389. The van der Waals surface area contributed by atoms with Gasteiger partial charge in [0, 0.05) is 29.1 Å². The van der Waals surface area contributed by atoms with Gasteiger partial charge in [0.15, 0.2) is 11.6 Å². The highest BCUT2D eigenvalue weighted by Gasteiger charge is 2.29. The summed E-state index contributed by atoms with van der Waals surface area (Å²) in [6.07, 6.45) is 5.85. The van der Waals surface area contributed by atoms with E-state index in [4.69, 9.17) is 0 Å². The fraction of sp³-hybridized carbons (Fsp3) is 0.360. The molecule has 2 aromatic heterocycles. The van der Waals surface area contributed by atoms with Crippen LogP contribution in [0.25, 0.3) is 21.9 Å². The number of nitrogens with zero attached hydrogens (tertiary/aromatic N) is 2. The summed E-state index contributed by atoms with van der Waals surface area (Å²) in [5.41, 5.74) is 3.27. The molecule has 0 spiro atoms. The highest BCUT2D eigenvalue weighted by atomic mass is 19.2. The maximum absolute atomic E-state index is 13.9. The monoisotopic (exact) mass is 423 g/mol. The average Bonchev–Trinajstić information content (AvgIpc) is 3.21. The van der Waals surface area contributed by atoms with Crippen molar-refractivity contribution in [3.05, 3.63) is 70.9 Å². The van der Waals surface area contributed by atoms with E-state index in [0.29, 0.717) is 22.9 Å². The van der Waals surface area contributed by atoms with Crippen LogP contribution in [0.1, 0.15) is 61.4 Å². The molecule has 2 aromatic carbocycles. The largest absolute Gasteiger partial charge is 0.342 e. The summed E-state index contributed by atoms with van der Waals surface area (Å²) in [5.74, 6) is -0.187. The Bertz CT molecular complexity index is 1270. The summed E-state index contributed by atoms with van der Waals surface area (Å²) in [6, 6.07) is 7.97. The molecule has 4 aromatic rings. The van der Waals surface area contributed by atoms with Gasteiger partial charge in [-0.3, -0.25) is 4.98 Å². The molecule has 1 N–H and O–H groups in total. The van der Waals surface area contributed by atoms with Crippen molar-refractivity contribution in [2.45, 2.75) is 51.4 Å². The van der Waals surface area contributed by atoms with Crippen molar-refractivity contribution in [2.75, 3.05) is 0 Å². The number of nitrogens with one attached hydrogen (secondary N) is 1. The molecule has 0 bridgehead atoms. The van der Waals surface area contributed by atoms with E-state index in [9.17, 15) is 13.2 Å². The van der Waals surface area contributed by atoms with Gasteiger partial charge in [-0.2, -0.15) is 0 Å². The van der Waals surface area contributed by atoms with Crippen LogP contribution >= 0.6 is 0 Å². The normalized spacial score (nSPS) is 20.4. The van der Waals surface area contributed by atoms with E-state index < -0.39 is 11.6 Å². The molecule has 1 fully saturated rings. The second-order valence-electron chi connectivity index (χ2n) is 8.78. The number of aryl methyl sites for hydroxylation is 1. The van der Waals surface area contributed by atoms with Gasteiger partial charge in [-0.05, 0) is 74.3 Å². The predicted molar refractivity (Wildman–Crippen MR) is 116 cm³/mol. The van der Waals surface area contributed by atoms with Crippen molar-refractivity contribution in [3.63, 3.8) is 0 Å². The van der Waals surface area contributed by atoms with Crippen LogP contribution in [-0.4, -0.2) is 15.0 Å². The summed E-state index contributed by atoms with van der Waals surface area (Å²) in [6.45, 7) is 3.69. The van der Waals surface area contributed by atoms with Crippen LogP contribution in [-0.2, 0) is 0 Å². The molecule has 1 aliphatic carbocycles. The lowest BCUT2D eigenvalue weighted by molar-refractivity contribution is 0.286. The molecule has 3 nitrogen and oxygen atoms in total. The van der Waals surface area contributed by atoms with E-state index in [0.717, 1.165) is 42.4 Å². The van der Waals surface area contributed by atoms with Crippen molar-refractivity contribution in [1.82, 2.24) is 15.0 Å². The fourth-order valence-electron chi connectivity index (χ4n) is 5.13. The Kier molecular flexibility index (Phi) is 4.95.